The van der Waals surface area contributed by atoms with Crippen LogP contribution in [0.25, 0.3) is 0 Å². The van der Waals surface area contributed by atoms with Gasteiger partial charge >= 0.3 is 0 Å². The Labute approximate surface area is 164 Å². The van der Waals surface area contributed by atoms with E-state index in [1.165, 1.54) is 44.9 Å². The second-order valence-corrected chi connectivity index (χ2v) is 11.5. The standard InChI is InChI=1S/C24H37NO2/c1-22(26)9-7-17-16(13-22)3-4-19-18(17)8-10-23(2)20(19)5-6-21(23)24(11-12-25)14-27-15-24/h16-21,26H,3-11,13-15H2,1-2H3/t16-,17+,18-,19-,20+,21+,22-,23+/m1/s1. The summed E-state index contributed by atoms with van der Waals surface area (Å²) in [7, 11) is 0. The molecule has 8 atom stereocenters. The van der Waals surface area contributed by atoms with E-state index in [1.807, 2.05) is 0 Å². The maximum Gasteiger partial charge on any atom is 0.0629 e. The predicted molar refractivity (Wildman–Crippen MR) is 105 cm³/mol. The highest BCUT2D eigenvalue weighted by molar-refractivity contribution is 5.12. The van der Waals surface area contributed by atoms with Crippen LogP contribution in [-0.4, -0.2) is 23.9 Å². The highest BCUT2D eigenvalue weighted by atomic mass is 16.5. The molecular formula is C24H37NO2. The molecule has 0 aromatic carbocycles. The van der Waals surface area contributed by atoms with Gasteiger partial charge in [0.1, 0.15) is 0 Å². The van der Waals surface area contributed by atoms with Crippen molar-refractivity contribution in [3.8, 4) is 6.07 Å². The topological polar surface area (TPSA) is 53.2 Å². The number of fused-ring (bicyclic) bond motifs is 5. The third kappa shape index (κ3) is 2.66. The average molecular weight is 372 g/mol. The van der Waals surface area contributed by atoms with Crippen LogP contribution in [0.4, 0.5) is 0 Å². The van der Waals surface area contributed by atoms with Crippen LogP contribution in [0, 0.1) is 57.7 Å². The van der Waals surface area contributed by atoms with Crippen molar-refractivity contribution in [2.24, 2.45) is 46.3 Å². The summed E-state index contributed by atoms with van der Waals surface area (Å²) in [5.41, 5.74) is 0.171. The number of hydrogen-bond donors (Lipinski definition) is 1. The van der Waals surface area contributed by atoms with Crippen LogP contribution < -0.4 is 0 Å². The average Bonchev–Trinajstić information content (AvgIpc) is 2.94. The summed E-state index contributed by atoms with van der Waals surface area (Å²) in [6, 6.07) is 2.50. The smallest absolute Gasteiger partial charge is 0.0629 e. The third-order valence-corrected chi connectivity index (χ3v) is 10.2. The first-order chi connectivity index (χ1) is 12.9. The highest BCUT2D eigenvalue weighted by Gasteiger charge is 2.62. The summed E-state index contributed by atoms with van der Waals surface area (Å²) in [5, 5.41) is 20.0. The zero-order chi connectivity index (χ0) is 18.9. The summed E-state index contributed by atoms with van der Waals surface area (Å²) in [6.07, 6.45) is 12.1. The first kappa shape index (κ1) is 18.4. The highest BCUT2D eigenvalue weighted by Crippen LogP contribution is 2.68. The summed E-state index contributed by atoms with van der Waals surface area (Å²) in [4.78, 5) is 0. The van der Waals surface area contributed by atoms with Crippen molar-refractivity contribution >= 4 is 0 Å². The molecule has 1 aliphatic heterocycles. The number of aliphatic hydroxyl groups is 1. The predicted octanol–water partition coefficient (Wildman–Crippen LogP) is 4.94. The second kappa shape index (κ2) is 6.20. The van der Waals surface area contributed by atoms with Crippen molar-refractivity contribution < 1.29 is 9.84 Å². The Morgan fingerprint density at radius 2 is 1.74 bits per heavy atom. The minimum absolute atomic E-state index is 0.159. The molecule has 0 radical (unpaired) electrons. The van der Waals surface area contributed by atoms with Crippen molar-refractivity contribution in [3.63, 3.8) is 0 Å². The molecule has 5 aliphatic rings. The first-order valence-corrected chi connectivity index (χ1v) is 11.6. The van der Waals surface area contributed by atoms with Gasteiger partial charge in [-0.2, -0.15) is 5.26 Å². The van der Waals surface area contributed by atoms with Crippen LogP contribution in [-0.2, 0) is 4.74 Å². The molecule has 150 valence electrons. The molecule has 0 aromatic rings. The fourth-order valence-electron chi connectivity index (χ4n) is 9.04. The molecule has 3 heteroatoms. The fourth-order valence-corrected chi connectivity index (χ4v) is 9.04. The fraction of sp³-hybridized carbons (Fsp3) is 0.958. The van der Waals surface area contributed by atoms with Crippen molar-refractivity contribution in [2.45, 2.75) is 83.7 Å². The van der Waals surface area contributed by atoms with E-state index in [2.05, 4.69) is 19.9 Å². The molecule has 3 nitrogen and oxygen atoms in total. The Morgan fingerprint density at radius 1 is 0.963 bits per heavy atom. The monoisotopic (exact) mass is 371 g/mol. The molecule has 0 aromatic heterocycles. The van der Waals surface area contributed by atoms with Crippen LogP contribution in [0.2, 0.25) is 0 Å². The van der Waals surface area contributed by atoms with Gasteiger partial charge in [0.2, 0.25) is 0 Å². The quantitative estimate of drug-likeness (QED) is 0.748. The molecule has 0 amide bonds. The Balaban J connectivity index is 1.37. The maximum atomic E-state index is 10.6. The lowest BCUT2D eigenvalue weighted by Crippen LogP contribution is -2.56. The van der Waals surface area contributed by atoms with E-state index in [0.29, 0.717) is 17.8 Å². The number of nitrogens with zero attached hydrogens (tertiary/aromatic N) is 1. The van der Waals surface area contributed by atoms with E-state index in [9.17, 15) is 10.4 Å². The zero-order valence-electron chi connectivity index (χ0n) is 17.3. The van der Waals surface area contributed by atoms with E-state index in [0.717, 1.165) is 55.6 Å². The van der Waals surface area contributed by atoms with Crippen molar-refractivity contribution in [1.82, 2.24) is 0 Å². The summed E-state index contributed by atoms with van der Waals surface area (Å²) >= 11 is 0. The molecule has 1 heterocycles. The Hall–Kier alpha value is -0.590. The van der Waals surface area contributed by atoms with Gasteiger partial charge in [-0.15, -0.1) is 0 Å². The molecule has 0 unspecified atom stereocenters. The van der Waals surface area contributed by atoms with Crippen molar-refractivity contribution in [2.75, 3.05) is 13.2 Å². The van der Waals surface area contributed by atoms with Crippen LogP contribution in [0.15, 0.2) is 0 Å². The number of nitriles is 1. The van der Waals surface area contributed by atoms with Gasteiger partial charge in [0.15, 0.2) is 0 Å². The van der Waals surface area contributed by atoms with Crippen LogP contribution in [0.1, 0.15) is 78.1 Å². The van der Waals surface area contributed by atoms with Gasteiger partial charge in [0.25, 0.3) is 0 Å². The van der Waals surface area contributed by atoms with Crippen molar-refractivity contribution in [1.29, 1.82) is 5.26 Å². The van der Waals surface area contributed by atoms with Gasteiger partial charge in [0.05, 0.1) is 24.9 Å². The Kier molecular flexibility index (Phi) is 4.24. The van der Waals surface area contributed by atoms with E-state index in [4.69, 9.17) is 4.74 Å². The molecule has 0 spiro atoms. The van der Waals surface area contributed by atoms with Crippen molar-refractivity contribution in [3.05, 3.63) is 0 Å². The molecular weight excluding hydrogens is 334 g/mol. The molecule has 5 rings (SSSR count). The number of hydrogen-bond acceptors (Lipinski definition) is 3. The number of rotatable bonds is 2. The molecule has 5 fully saturated rings. The molecule has 0 bridgehead atoms. The number of ether oxygens (including phenoxy) is 1. The normalized spacial score (nSPS) is 53.4. The van der Waals surface area contributed by atoms with Crippen LogP contribution in [0.3, 0.4) is 0 Å². The van der Waals surface area contributed by atoms with Crippen LogP contribution in [0.5, 0.6) is 0 Å². The van der Waals surface area contributed by atoms with E-state index in [-0.39, 0.29) is 5.41 Å². The summed E-state index contributed by atoms with van der Waals surface area (Å²) in [6.45, 7) is 6.29. The van der Waals surface area contributed by atoms with Gasteiger partial charge in [-0.1, -0.05) is 6.92 Å². The molecule has 4 aliphatic carbocycles. The van der Waals surface area contributed by atoms with Crippen LogP contribution >= 0.6 is 0 Å². The lowest BCUT2D eigenvalue weighted by Gasteiger charge is -2.59. The third-order valence-electron chi connectivity index (χ3n) is 10.2. The van der Waals surface area contributed by atoms with Gasteiger partial charge in [-0.3, -0.25) is 0 Å². The Bertz CT molecular complexity index is 633. The van der Waals surface area contributed by atoms with E-state index >= 15 is 0 Å². The first-order valence-electron chi connectivity index (χ1n) is 11.6. The second-order valence-electron chi connectivity index (χ2n) is 11.5. The molecule has 4 saturated carbocycles. The summed E-state index contributed by atoms with van der Waals surface area (Å²) < 4.78 is 5.65. The van der Waals surface area contributed by atoms with Gasteiger partial charge in [0, 0.05) is 11.8 Å². The minimum Gasteiger partial charge on any atom is -0.390 e. The van der Waals surface area contributed by atoms with Gasteiger partial charge in [-0.05, 0) is 106 Å². The summed E-state index contributed by atoms with van der Waals surface area (Å²) in [5.74, 6) is 4.99. The van der Waals surface area contributed by atoms with Gasteiger partial charge < -0.3 is 9.84 Å². The lowest BCUT2D eigenvalue weighted by molar-refractivity contribution is -0.181. The van der Waals surface area contributed by atoms with Gasteiger partial charge in [-0.25, -0.2) is 0 Å². The van der Waals surface area contributed by atoms with E-state index < -0.39 is 5.60 Å². The Morgan fingerprint density at radius 3 is 2.44 bits per heavy atom. The maximum absolute atomic E-state index is 10.6. The van der Waals surface area contributed by atoms with E-state index in [1.54, 1.807) is 0 Å². The SMILES string of the molecule is C[C@@]1(O)CC[C@H]2[C@H](CC[C@@H]3[C@@H]2CC[C@]2(C)[C@@H](C4(CC#N)COC4)CC[C@@H]32)C1. The lowest BCUT2D eigenvalue weighted by atomic mass is 9.47. The minimum atomic E-state index is -0.413. The largest absolute Gasteiger partial charge is 0.390 e. The molecule has 27 heavy (non-hydrogen) atoms. The zero-order valence-corrected chi connectivity index (χ0v) is 17.3. The molecule has 1 saturated heterocycles. The molecule has 1 N–H and O–H groups in total.